The highest BCUT2D eigenvalue weighted by Gasteiger charge is 2.06. The number of hydrogen-bond donors (Lipinski definition) is 1. The standard InChI is InChI=1S/C10H5N3O/c11-5-8-3-7-1-2-13(14)10(7)4-9(8)6-12/h1-4,14H. The minimum atomic E-state index is 0.272. The van der Waals surface area contributed by atoms with Crippen molar-refractivity contribution in [2.75, 3.05) is 0 Å². The van der Waals surface area contributed by atoms with E-state index in [9.17, 15) is 5.21 Å². The van der Waals surface area contributed by atoms with E-state index in [0.29, 0.717) is 11.1 Å². The molecule has 0 aliphatic heterocycles. The van der Waals surface area contributed by atoms with Gasteiger partial charge in [-0.25, -0.2) is 0 Å². The summed E-state index contributed by atoms with van der Waals surface area (Å²) in [4.78, 5) is 0. The molecule has 0 spiro atoms. The van der Waals surface area contributed by atoms with E-state index in [1.807, 2.05) is 12.1 Å². The van der Waals surface area contributed by atoms with Crippen LogP contribution in [0.4, 0.5) is 0 Å². The number of benzene rings is 1. The van der Waals surface area contributed by atoms with Crippen LogP contribution >= 0.6 is 0 Å². The fourth-order valence-corrected chi connectivity index (χ4v) is 1.35. The highest BCUT2D eigenvalue weighted by Crippen LogP contribution is 2.19. The van der Waals surface area contributed by atoms with E-state index in [1.54, 1.807) is 12.1 Å². The van der Waals surface area contributed by atoms with Gasteiger partial charge in [0.15, 0.2) is 0 Å². The van der Waals surface area contributed by atoms with E-state index in [2.05, 4.69) is 0 Å². The molecule has 0 aliphatic carbocycles. The molecular formula is C10H5N3O. The molecule has 0 saturated heterocycles. The Kier molecular flexibility index (Phi) is 1.63. The molecule has 4 heteroatoms. The quantitative estimate of drug-likeness (QED) is 0.630. The molecule has 4 nitrogen and oxygen atoms in total. The molecule has 0 bridgehead atoms. The van der Waals surface area contributed by atoms with E-state index in [1.165, 1.54) is 12.3 Å². The molecule has 1 aromatic heterocycles. The lowest BCUT2D eigenvalue weighted by Gasteiger charge is -1.97. The van der Waals surface area contributed by atoms with Gasteiger partial charge in [0.1, 0.15) is 12.1 Å². The van der Waals surface area contributed by atoms with E-state index >= 15 is 0 Å². The molecule has 0 fully saturated rings. The van der Waals surface area contributed by atoms with E-state index in [0.717, 1.165) is 10.1 Å². The molecule has 0 aliphatic rings. The summed E-state index contributed by atoms with van der Waals surface area (Å²) >= 11 is 0. The maximum absolute atomic E-state index is 9.32. The molecule has 1 heterocycles. The summed E-state index contributed by atoms with van der Waals surface area (Å²) in [6, 6.07) is 8.60. The third kappa shape index (κ3) is 0.988. The van der Waals surface area contributed by atoms with Crippen LogP contribution in [0.25, 0.3) is 10.9 Å². The summed E-state index contributed by atoms with van der Waals surface area (Å²) < 4.78 is 0.928. The van der Waals surface area contributed by atoms with Crippen LogP contribution in [0.3, 0.4) is 0 Å². The van der Waals surface area contributed by atoms with Crippen LogP contribution < -0.4 is 0 Å². The van der Waals surface area contributed by atoms with Gasteiger partial charge >= 0.3 is 0 Å². The molecule has 0 radical (unpaired) electrons. The van der Waals surface area contributed by atoms with Crippen molar-refractivity contribution >= 4 is 10.9 Å². The first-order valence-electron chi connectivity index (χ1n) is 3.91. The van der Waals surface area contributed by atoms with Gasteiger partial charge in [-0.1, -0.05) is 0 Å². The van der Waals surface area contributed by atoms with Crippen molar-refractivity contribution in [3.05, 3.63) is 35.5 Å². The third-order valence-electron chi connectivity index (χ3n) is 2.05. The van der Waals surface area contributed by atoms with E-state index in [-0.39, 0.29) is 5.56 Å². The van der Waals surface area contributed by atoms with Crippen LogP contribution in [-0.2, 0) is 0 Å². The highest BCUT2D eigenvalue weighted by molar-refractivity contribution is 5.83. The first-order chi connectivity index (χ1) is 6.76. The van der Waals surface area contributed by atoms with Gasteiger partial charge < -0.3 is 5.21 Å². The Labute approximate surface area is 79.8 Å². The number of fused-ring (bicyclic) bond motifs is 1. The summed E-state index contributed by atoms with van der Waals surface area (Å²) in [6.07, 6.45) is 1.47. The first kappa shape index (κ1) is 8.15. The highest BCUT2D eigenvalue weighted by atomic mass is 16.5. The lowest BCUT2D eigenvalue weighted by molar-refractivity contribution is 0.200. The van der Waals surface area contributed by atoms with Gasteiger partial charge in [-0.2, -0.15) is 15.3 Å². The molecule has 66 valence electrons. The van der Waals surface area contributed by atoms with Crippen molar-refractivity contribution < 1.29 is 5.21 Å². The smallest absolute Gasteiger partial charge is 0.101 e. The molecule has 0 atom stereocenters. The zero-order valence-electron chi connectivity index (χ0n) is 7.10. The molecular weight excluding hydrogens is 178 g/mol. The van der Waals surface area contributed by atoms with Gasteiger partial charge in [0.05, 0.1) is 16.6 Å². The SMILES string of the molecule is N#Cc1cc2ccn(O)c2cc1C#N. The van der Waals surface area contributed by atoms with Crippen molar-refractivity contribution in [3.63, 3.8) is 0 Å². The average molecular weight is 183 g/mol. The Morgan fingerprint density at radius 1 is 1.14 bits per heavy atom. The maximum Gasteiger partial charge on any atom is 0.101 e. The second kappa shape index (κ2) is 2.79. The Morgan fingerprint density at radius 3 is 2.43 bits per heavy atom. The van der Waals surface area contributed by atoms with Crippen molar-refractivity contribution in [3.8, 4) is 12.1 Å². The summed E-state index contributed by atoms with van der Waals surface area (Å²) in [7, 11) is 0. The zero-order valence-corrected chi connectivity index (χ0v) is 7.10. The molecule has 0 amide bonds. The Morgan fingerprint density at radius 2 is 1.79 bits per heavy atom. The second-order valence-corrected chi connectivity index (χ2v) is 2.84. The molecule has 2 rings (SSSR count). The van der Waals surface area contributed by atoms with Crippen LogP contribution in [-0.4, -0.2) is 9.94 Å². The third-order valence-corrected chi connectivity index (χ3v) is 2.05. The maximum atomic E-state index is 9.32. The van der Waals surface area contributed by atoms with Crippen molar-refractivity contribution in [1.29, 1.82) is 10.5 Å². The number of aromatic nitrogens is 1. The second-order valence-electron chi connectivity index (χ2n) is 2.84. The van der Waals surface area contributed by atoms with Crippen molar-refractivity contribution in [2.24, 2.45) is 0 Å². The number of nitriles is 2. The Balaban J connectivity index is 2.88. The summed E-state index contributed by atoms with van der Waals surface area (Å²) in [6.45, 7) is 0. The van der Waals surface area contributed by atoms with Crippen LogP contribution in [0.5, 0.6) is 0 Å². The van der Waals surface area contributed by atoms with Crippen molar-refractivity contribution in [1.82, 2.24) is 4.73 Å². The largest absolute Gasteiger partial charge is 0.428 e. The lowest BCUT2D eigenvalue weighted by atomic mass is 10.1. The Hall–Kier alpha value is -2.46. The number of rotatable bonds is 0. The molecule has 1 aromatic carbocycles. The molecule has 1 N–H and O–H groups in total. The molecule has 2 aromatic rings. The van der Waals surface area contributed by atoms with Gasteiger partial charge in [-0.05, 0) is 18.2 Å². The number of nitrogens with zero attached hydrogens (tertiary/aromatic N) is 3. The fraction of sp³-hybridized carbons (Fsp3) is 0. The number of hydrogen-bond acceptors (Lipinski definition) is 3. The lowest BCUT2D eigenvalue weighted by Crippen LogP contribution is -1.89. The summed E-state index contributed by atoms with van der Waals surface area (Å²) in [5.41, 5.74) is 1.13. The topological polar surface area (TPSA) is 72.7 Å². The van der Waals surface area contributed by atoms with E-state index < -0.39 is 0 Å². The normalized spacial score (nSPS) is 9.57. The summed E-state index contributed by atoms with van der Waals surface area (Å²) in [5.74, 6) is 0. The minimum absolute atomic E-state index is 0.272. The van der Waals surface area contributed by atoms with E-state index in [4.69, 9.17) is 10.5 Å². The van der Waals surface area contributed by atoms with Gasteiger partial charge in [0.2, 0.25) is 0 Å². The Bertz CT molecular complexity index is 584. The predicted molar refractivity (Wildman–Crippen MR) is 48.6 cm³/mol. The molecule has 0 unspecified atom stereocenters. The van der Waals surface area contributed by atoms with Gasteiger partial charge in [-0.3, -0.25) is 0 Å². The van der Waals surface area contributed by atoms with Crippen molar-refractivity contribution in [2.45, 2.75) is 0 Å². The van der Waals surface area contributed by atoms with Gasteiger partial charge in [0, 0.05) is 11.6 Å². The van der Waals surface area contributed by atoms with Crippen LogP contribution in [0.1, 0.15) is 11.1 Å². The van der Waals surface area contributed by atoms with Crippen LogP contribution in [0.2, 0.25) is 0 Å². The minimum Gasteiger partial charge on any atom is -0.428 e. The van der Waals surface area contributed by atoms with Crippen LogP contribution in [0.15, 0.2) is 24.4 Å². The summed E-state index contributed by atoms with van der Waals surface area (Å²) in [5, 5.41) is 27.5. The average Bonchev–Trinajstić information content (AvgIpc) is 2.58. The van der Waals surface area contributed by atoms with Gasteiger partial charge in [-0.15, -0.1) is 0 Å². The predicted octanol–water partition coefficient (Wildman–Crippen LogP) is 1.62. The van der Waals surface area contributed by atoms with Gasteiger partial charge in [0.25, 0.3) is 0 Å². The fourth-order valence-electron chi connectivity index (χ4n) is 1.35. The first-order valence-corrected chi connectivity index (χ1v) is 3.91. The van der Waals surface area contributed by atoms with Crippen LogP contribution in [0, 0.1) is 22.7 Å². The molecule has 14 heavy (non-hydrogen) atoms. The zero-order chi connectivity index (χ0) is 10.1. The molecule has 0 saturated carbocycles. The monoisotopic (exact) mass is 183 g/mol.